The molecule has 2 heterocycles. The van der Waals surface area contributed by atoms with Crippen molar-refractivity contribution in [2.75, 3.05) is 19.7 Å². The van der Waals surface area contributed by atoms with Gasteiger partial charge in [-0.1, -0.05) is 25.1 Å². The smallest absolute Gasteiger partial charge is 0.260 e. The number of rotatable bonds is 7. The maximum atomic E-state index is 12.6. The second-order valence-corrected chi connectivity index (χ2v) is 8.02. The Morgan fingerprint density at radius 1 is 0.969 bits per heavy atom. The van der Waals surface area contributed by atoms with Gasteiger partial charge in [0.1, 0.15) is 5.75 Å². The van der Waals surface area contributed by atoms with E-state index in [2.05, 4.69) is 12.2 Å². The highest BCUT2D eigenvalue weighted by molar-refractivity contribution is 5.94. The standard InChI is InChI=1S/C26H29N3O3/c1-2-20-7-3-4-8-24(20)32-19-25(30)29-17-13-22(14-18-29)27-26(31)21-9-11-23(12-10-21)28-15-5-6-16-28/h3-12,15-16,22H,2,13-14,17-19H2,1H3,(H,27,31). The summed E-state index contributed by atoms with van der Waals surface area (Å²) in [6.07, 6.45) is 6.29. The normalized spacial score (nSPS) is 14.2. The number of benzene rings is 2. The third-order valence-electron chi connectivity index (χ3n) is 5.92. The Morgan fingerprint density at radius 3 is 2.34 bits per heavy atom. The van der Waals surface area contributed by atoms with Gasteiger partial charge in [-0.2, -0.15) is 0 Å². The van der Waals surface area contributed by atoms with Gasteiger partial charge in [-0.05, 0) is 67.3 Å². The Labute approximate surface area is 188 Å². The van der Waals surface area contributed by atoms with Crippen LogP contribution in [0.2, 0.25) is 0 Å². The number of likely N-dealkylation sites (tertiary alicyclic amines) is 1. The molecular formula is C26H29N3O3. The maximum Gasteiger partial charge on any atom is 0.260 e. The van der Waals surface area contributed by atoms with Crippen molar-refractivity contribution >= 4 is 11.8 Å². The van der Waals surface area contributed by atoms with Crippen molar-refractivity contribution in [3.8, 4) is 11.4 Å². The lowest BCUT2D eigenvalue weighted by Crippen LogP contribution is -2.47. The van der Waals surface area contributed by atoms with Gasteiger partial charge < -0.3 is 19.5 Å². The van der Waals surface area contributed by atoms with Crippen LogP contribution in [0.25, 0.3) is 5.69 Å². The first-order valence-electron chi connectivity index (χ1n) is 11.2. The number of aromatic nitrogens is 1. The Bertz CT molecular complexity index is 1040. The maximum absolute atomic E-state index is 12.6. The molecule has 0 aliphatic carbocycles. The van der Waals surface area contributed by atoms with Crippen LogP contribution in [-0.2, 0) is 11.2 Å². The molecule has 2 aromatic carbocycles. The van der Waals surface area contributed by atoms with Crippen LogP contribution in [0.3, 0.4) is 0 Å². The van der Waals surface area contributed by atoms with Crippen molar-refractivity contribution in [2.45, 2.75) is 32.2 Å². The van der Waals surface area contributed by atoms with Gasteiger partial charge in [0.05, 0.1) is 0 Å². The van der Waals surface area contributed by atoms with Crippen LogP contribution in [-0.4, -0.2) is 47.0 Å². The first-order valence-corrected chi connectivity index (χ1v) is 11.2. The van der Waals surface area contributed by atoms with Crippen LogP contribution in [0.5, 0.6) is 5.75 Å². The number of amides is 2. The summed E-state index contributed by atoms with van der Waals surface area (Å²) in [4.78, 5) is 27.0. The largest absolute Gasteiger partial charge is 0.483 e. The van der Waals surface area contributed by atoms with Crippen LogP contribution < -0.4 is 10.1 Å². The molecule has 1 aliphatic rings. The molecule has 1 saturated heterocycles. The molecule has 6 heteroatoms. The molecule has 0 spiro atoms. The van der Waals surface area contributed by atoms with Crippen molar-refractivity contribution in [3.63, 3.8) is 0 Å². The summed E-state index contributed by atoms with van der Waals surface area (Å²) in [6, 6.07) is 19.4. The summed E-state index contributed by atoms with van der Waals surface area (Å²) in [6.45, 7) is 3.35. The fraction of sp³-hybridized carbons (Fsp3) is 0.308. The lowest BCUT2D eigenvalue weighted by Gasteiger charge is -2.32. The highest BCUT2D eigenvalue weighted by atomic mass is 16.5. The fourth-order valence-corrected chi connectivity index (χ4v) is 4.00. The van der Waals surface area contributed by atoms with Crippen LogP contribution in [0.4, 0.5) is 0 Å². The molecule has 0 atom stereocenters. The molecule has 166 valence electrons. The molecule has 1 aromatic heterocycles. The summed E-state index contributed by atoms with van der Waals surface area (Å²) in [5, 5.41) is 3.11. The number of nitrogens with one attached hydrogen (secondary N) is 1. The Kier molecular flexibility index (Phi) is 6.90. The number of hydrogen-bond donors (Lipinski definition) is 1. The van der Waals surface area contributed by atoms with Gasteiger partial charge in [0.25, 0.3) is 11.8 Å². The summed E-state index contributed by atoms with van der Waals surface area (Å²) < 4.78 is 7.76. The molecule has 0 unspecified atom stereocenters. The fourth-order valence-electron chi connectivity index (χ4n) is 4.00. The number of aryl methyl sites for hydroxylation is 1. The molecule has 0 bridgehead atoms. The van der Waals surface area contributed by atoms with Crippen LogP contribution in [0.1, 0.15) is 35.7 Å². The third-order valence-corrected chi connectivity index (χ3v) is 5.92. The molecule has 1 fully saturated rings. The lowest BCUT2D eigenvalue weighted by atomic mass is 10.0. The van der Waals surface area contributed by atoms with E-state index >= 15 is 0 Å². The number of nitrogens with zero attached hydrogens (tertiary/aromatic N) is 2. The minimum absolute atomic E-state index is 0.0127. The van der Waals surface area contributed by atoms with Gasteiger partial charge in [-0.25, -0.2) is 0 Å². The van der Waals surface area contributed by atoms with Crippen molar-refractivity contribution < 1.29 is 14.3 Å². The summed E-state index contributed by atoms with van der Waals surface area (Å²) in [7, 11) is 0. The van der Waals surface area contributed by atoms with Crippen LogP contribution in [0, 0.1) is 0 Å². The van der Waals surface area contributed by atoms with Crippen LogP contribution in [0.15, 0.2) is 73.1 Å². The molecule has 6 nitrogen and oxygen atoms in total. The Balaban J connectivity index is 1.23. The SMILES string of the molecule is CCc1ccccc1OCC(=O)N1CCC(NC(=O)c2ccc(-n3cccc3)cc2)CC1. The molecule has 2 amide bonds. The molecule has 1 aliphatic heterocycles. The van der Waals surface area contributed by atoms with Gasteiger partial charge in [0, 0.05) is 42.8 Å². The van der Waals surface area contributed by atoms with E-state index in [1.807, 2.05) is 82.5 Å². The minimum atomic E-state index is -0.0756. The molecule has 1 N–H and O–H groups in total. The van der Waals surface area contributed by atoms with E-state index in [4.69, 9.17) is 4.74 Å². The quantitative estimate of drug-likeness (QED) is 0.618. The first-order chi connectivity index (χ1) is 15.6. The van der Waals surface area contributed by atoms with Crippen molar-refractivity contribution in [1.29, 1.82) is 0 Å². The second-order valence-electron chi connectivity index (χ2n) is 8.02. The lowest BCUT2D eigenvalue weighted by molar-refractivity contribution is -0.134. The zero-order valence-electron chi connectivity index (χ0n) is 18.4. The van der Waals surface area contributed by atoms with Gasteiger partial charge in [0.15, 0.2) is 6.61 Å². The number of para-hydroxylation sites is 1. The van der Waals surface area contributed by atoms with E-state index in [0.717, 1.165) is 36.3 Å². The molecular weight excluding hydrogens is 402 g/mol. The predicted molar refractivity (Wildman–Crippen MR) is 124 cm³/mol. The van der Waals surface area contributed by atoms with Crippen LogP contribution >= 0.6 is 0 Å². The minimum Gasteiger partial charge on any atom is -0.483 e. The number of piperidine rings is 1. The summed E-state index contributed by atoms with van der Waals surface area (Å²) in [5.74, 6) is 0.683. The third kappa shape index (κ3) is 5.19. The number of hydrogen-bond acceptors (Lipinski definition) is 3. The van der Waals surface area contributed by atoms with E-state index in [1.165, 1.54) is 0 Å². The van der Waals surface area contributed by atoms with E-state index < -0.39 is 0 Å². The highest BCUT2D eigenvalue weighted by Gasteiger charge is 2.24. The topological polar surface area (TPSA) is 63.6 Å². The number of ether oxygens (including phenoxy) is 1. The van der Waals surface area contributed by atoms with Gasteiger partial charge in [-0.15, -0.1) is 0 Å². The Hall–Kier alpha value is -3.54. The zero-order valence-corrected chi connectivity index (χ0v) is 18.4. The first kappa shape index (κ1) is 21.7. The highest BCUT2D eigenvalue weighted by Crippen LogP contribution is 2.19. The molecule has 0 saturated carbocycles. The average Bonchev–Trinajstić information content (AvgIpc) is 3.38. The predicted octanol–water partition coefficient (Wildman–Crippen LogP) is 3.84. The van der Waals surface area contributed by atoms with E-state index in [9.17, 15) is 9.59 Å². The van der Waals surface area contributed by atoms with E-state index in [1.54, 1.807) is 0 Å². The molecule has 32 heavy (non-hydrogen) atoms. The van der Waals surface area contributed by atoms with Gasteiger partial charge in [-0.3, -0.25) is 9.59 Å². The van der Waals surface area contributed by atoms with Crippen molar-refractivity contribution in [3.05, 3.63) is 84.2 Å². The Morgan fingerprint density at radius 2 is 1.66 bits per heavy atom. The van der Waals surface area contributed by atoms with Gasteiger partial charge >= 0.3 is 0 Å². The van der Waals surface area contributed by atoms with E-state index in [0.29, 0.717) is 18.7 Å². The van der Waals surface area contributed by atoms with Crippen molar-refractivity contribution in [1.82, 2.24) is 14.8 Å². The number of carbonyl (C=O) groups is 2. The summed E-state index contributed by atoms with van der Waals surface area (Å²) in [5.41, 5.74) is 2.76. The van der Waals surface area contributed by atoms with Crippen molar-refractivity contribution in [2.24, 2.45) is 0 Å². The zero-order chi connectivity index (χ0) is 22.3. The molecule has 3 aromatic rings. The number of carbonyl (C=O) groups excluding carboxylic acids is 2. The monoisotopic (exact) mass is 431 g/mol. The van der Waals surface area contributed by atoms with Gasteiger partial charge in [0.2, 0.25) is 0 Å². The molecule has 0 radical (unpaired) electrons. The summed E-state index contributed by atoms with van der Waals surface area (Å²) >= 11 is 0. The average molecular weight is 432 g/mol. The second kappa shape index (κ2) is 10.2. The molecule has 4 rings (SSSR count). The van der Waals surface area contributed by atoms with E-state index in [-0.39, 0.29) is 24.5 Å².